The third-order valence-corrected chi connectivity index (χ3v) is 4.69. The average Bonchev–Trinajstić information content (AvgIpc) is 2.77. The van der Waals surface area contributed by atoms with Gasteiger partial charge in [-0.15, -0.1) is 11.3 Å². The number of nitrogens with one attached hydrogen (secondary N) is 2. The van der Waals surface area contributed by atoms with Crippen molar-refractivity contribution in [1.82, 2.24) is 10.0 Å². The van der Waals surface area contributed by atoms with E-state index in [1.165, 1.54) is 6.07 Å². The lowest BCUT2D eigenvalue weighted by molar-refractivity contribution is -0.120. The molecule has 1 amide bonds. The monoisotopic (exact) mass is 276 g/mol. The minimum Gasteiger partial charge on any atom is -0.355 e. The zero-order chi connectivity index (χ0) is 12.9. The highest BCUT2D eigenvalue weighted by Crippen LogP contribution is 2.14. The third kappa shape index (κ3) is 4.84. The van der Waals surface area contributed by atoms with Crippen molar-refractivity contribution in [1.29, 1.82) is 0 Å². The Bertz CT molecular complexity index is 452. The highest BCUT2D eigenvalue weighted by Gasteiger charge is 2.16. The predicted molar refractivity (Wildman–Crippen MR) is 67.4 cm³/mol. The summed E-state index contributed by atoms with van der Waals surface area (Å²) in [5.41, 5.74) is 0. The summed E-state index contributed by atoms with van der Waals surface area (Å²) in [6.07, 6.45) is 0. The summed E-state index contributed by atoms with van der Waals surface area (Å²) in [4.78, 5) is 11.3. The number of thiophene rings is 1. The zero-order valence-corrected chi connectivity index (χ0v) is 11.4. The largest absolute Gasteiger partial charge is 0.355 e. The van der Waals surface area contributed by atoms with E-state index in [-0.39, 0.29) is 16.7 Å². The number of carbonyl (C=O) groups excluding carboxylic acids is 1. The molecule has 0 aromatic carbocycles. The first-order chi connectivity index (χ1) is 7.92. The third-order valence-electron chi connectivity index (χ3n) is 1.89. The molecule has 0 saturated heterocycles. The van der Waals surface area contributed by atoms with E-state index in [1.807, 2.05) is 13.8 Å². The Kier molecular flexibility index (Phi) is 5.10. The Labute approximate surface area is 105 Å². The van der Waals surface area contributed by atoms with Crippen molar-refractivity contribution in [2.75, 3.05) is 13.1 Å². The molecule has 1 aromatic rings. The van der Waals surface area contributed by atoms with Crippen LogP contribution in [0.5, 0.6) is 0 Å². The highest BCUT2D eigenvalue weighted by atomic mass is 32.2. The van der Waals surface area contributed by atoms with E-state index in [0.717, 1.165) is 11.3 Å². The van der Waals surface area contributed by atoms with Crippen LogP contribution in [-0.2, 0) is 14.8 Å². The van der Waals surface area contributed by atoms with Gasteiger partial charge in [0.15, 0.2) is 0 Å². The molecule has 0 aliphatic carbocycles. The molecule has 2 N–H and O–H groups in total. The summed E-state index contributed by atoms with van der Waals surface area (Å²) in [6.45, 7) is 4.25. The number of hydrogen-bond acceptors (Lipinski definition) is 4. The Morgan fingerprint density at radius 1 is 1.47 bits per heavy atom. The highest BCUT2D eigenvalue weighted by molar-refractivity contribution is 7.91. The van der Waals surface area contributed by atoms with Gasteiger partial charge >= 0.3 is 0 Å². The Morgan fingerprint density at radius 3 is 2.71 bits per heavy atom. The van der Waals surface area contributed by atoms with Crippen LogP contribution in [0.4, 0.5) is 0 Å². The molecular weight excluding hydrogens is 260 g/mol. The molecule has 1 heterocycles. The second-order valence-corrected chi connectivity index (χ2v) is 6.90. The second kappa shape index (κ2) is 6.13. The molecule has 0 radical (unpaired) electrons. The van der Waals surface area contributed by atoms with Gasteiger partial charge in [-0.25, -0.2) is 13.1 Å². The van der Waals surface area contributed by atoms with Crippen LogP contribution in [0.1, 0.15) is 13.8 Å². The van der Waals surface area contributed by atoms with Gasteiger partial charge in [0.2, 0.25) is 5.91 Å². The molecule has 17 heavy (non-hydrogen) atoms. The summed E-state index contributed by atoms with van der Waals surface area (Å²) in [5, 5.41) is 4.31. The fourth-order valence-corrected chi connectivity index (χ4v) is 3.05. The molecule has 0 unspecified atom stereocenters. The number of rotatable bonds is 6. The first kappa shape index (κ1) is 14.1. The molecule has 0 spiro atoms. The number of carbonyl (C=O) groups is 1. The first-order valence-electron chi connectivity index (χ1n) is 5.21. The van der Waals surface area contributed by atoms with Crippen molar-refractivity contribution in [3.05, 3.63) is 17.5 Å². The van der Waals surface area contributed by atoms with Crippen LogP contribution in [-0.4, -0.2) is 27.4 Å². The van der Waals surface area contributed by atoms with Crippen molar-refractivity contribution in [3.8, 4) is 0 Å². The van der Waals surface area contributed by atoms with Crippen molar-refractivity contribution in [2.45, 2.75) is 18.1 Å². The molecule has 0 bridgehead atoms. The molecular formula is C10H16N2O3S2. The van der Waals surface area contributed by atoms with Crippen LogP contribution in [0.25, 0.3) is 0 Å². The Hall–Kier alpha value is -0.920. The predicted octanol–water partition coefficient (Wildman–Crippen LogP) is 0.799. The smallest absolute Gasteiger partial charge is 0.250 e. The summed E-state index contributed by atoms with van der Waals surface area (Å²) >= 11 is 1.12. The number of amides is 1. The van der Waals surface area contributed by atoms with Gasteiger partial charge in [-0.1, -0.05) is 19.9 Å². The molecule has 0 saturated carbocycles. The van der Waals surface area contributed by atoms with E-state index in [0.29, 0.717) is 12.5 Å². The maximum Gasteiger partial charge on any atom is 0.250 e. The molecule has 1 aromatic heterocycles. The van der Waals surface area contributed by atoms with Gasteiger partial charge in [-0.3, -0.25) is 4.79 Å². The lowest BCUT2D eigenvalue weighted by Gasteiger charge is -2.08. The van der Waals surface area contributed by atoms with Gasteiger partial charge < -0.3 is 5.32 Å². The summed E-state index contributed by atoms with van der Waals surface area (Å²) in [7, 11) is -3.54. The van der Waals surface area contributed by atoms with Gasteiger partial charge in [0.25, 0.3) is 10.0 Å². The standard InChI is InChI=1S/C10H16N2O3S2/c1-8(2)6-11-9(13)7-12-17(14,15)10-4-3-5-16-10/h3-5,8,12H,6-7H2,1-2H3,(H,11,13). The van der Waals surface area contributed by atoms with Crippen molar-refractivity contribution < 1.29 is 13.2 Å². The first-order valence-corrected chi connectivity index (χ1v) is 7.58. The fraction of sp³-hybridized carbons (Fsp3) is 0.500. The van der Waals surface area contributed by atoms with Crippen LogP contribution in [0.2, 0.25) is 0 Å². The minimum atomic E-state index is -3.54. The molecule has 0 fully saturated rings. The lowest BCUT2D eigenvalue weighted by Crippen LogP contribution is -2.38. The summed E-state index contributed by atoms with van der Waals surface area (Å²) < 4.78 is 25.8. The van der Waals surface area contributed by atoms with E-state index in [4.69, 9.17) is 0 Å². The van der Waals surface area contributed by atoms with Gasteiger partial charge in [-0.2, -0.15) is 0 Å². The summed E-state index contributed by atoms with van der Waals surface area (Å²) in [5.74, 6) is 0.0201. The SMILES string of the molecule is CC(C)CNC(=O)CNS(=O)(=O)c1cccs1. The van der Waals surface area contributed by atoms with Gasteiger partial charge in [0.05, 0.1) is 6.54 Å². The van der Waals surface area contributed by atoms with Gasteiger partial charge in [0, 0.05) is 6.54 Å². The van der Waals surface area contributed by atoms with Crippen LogP contribution < -0.4 is 10.0 Å². The van der Waals surface area contributed by atoms with Crippen LogP contribution in [0.3, 0.4) is 0 Å². The summed E-state index contributed by atoms with van der Waals surface area (Å²) in [6, 6.07) is 3.15. The zero-order valence-electron chi connectivity index (χ0n) is 9.76. The maximum atomic E-state index is 11.7. The molecule has 0 aliphatic heterocycles. The van der Waals surface area contributed by atoms with Crippen molar-refractivity contribution >= 4 is 27.3 Å². The number of sulfonamides is 1. The van der Waals surface area contributed by atoms with Crippen LogP contribution >= 0.6 is 11.3 Å². The molecule has 5 nitrogen and oxygen atoms in total. The molecule has 96 valence electrons. The average molecular weight is 276 g/mol. The minimum absolute atomic E-state index is 0.217. The lowest BCUT2D eigenvalue weighted by atomic mass is 10.2. The quantitative estimate of drug-likeness (QED) is 0.807. The molecule has 1 rings (SSSR count). The molecule has 0 atom stereocenters. The molecule has 7 heteroatoms. The van der Waals surface area contributed by atoms with Crippen molar-refractivity contribution in [2.24, 2.45) is 5.92 Å². The van der Waals surface area contributed by atoms with E-state index < -0.39 is 10.0 Å². The fourth-order valence-electron chi connectivity index (χ4n) is 1.03. The van der Waals surface area contributed by atoms with Crippen LogP contribution in [0.15, 0.2) is 21.7 Å². The topological polar surface area (TPSA) is 75.3 Å². The van der Waals surface area contributed by atoms with E-state index >= 15 is 0 Å². The van der Waals surface area contributed by atoms with E-state index in [9.17, 15) is 13.2 Å². The normalized spacial score (nSPS) is 11.7. The van der Waals surface area contributed by atoms with Gasteiger partial charge in [0.1, 0.15) is 4.21 Å². The van der Waals surface area contributed by atoms with E-state index in [1.54, 1.807) is 11.4 Å². The van der Waals surface area contributed by atoms with Gasteiger partial charge in [-0.05, 0) is 17.4 Å². The number of hydrogen-bond donors (Lipinski definition) is 2. The van der Waals surface area contributed by atoms with Crippen molar-refractivity contribution in [3.63, 3.8) is 0 Å². The molecule has 0 aliphatic rings. The van der Waals surface area contributed by atoms with E-state index in [2.05, 4.69) is 10.0 Å². The Balaban J connectivity index is 2.43. The maximum absolute atomic E-state index is 11.7. The van der Waals surface area contributed by atoms with Crippen LogP contribution in [0, 0.1) is 5.92 Å². The Morgan fingerprint density at radius 2 is 2.18 bits per heavy atom. The second-order valence-electron chi connectivity index (χ2n) is 3.95.